The summed E-state index contributed by atoms with van der Waals surface area (Å²) in [6, 6.07) is 1.34. The van der Waals surface area contributed by atoms with Crippen LogP contribution in [0.3, 0.4) is 0 Å². The second-order valence-corrected chi connectivity index (χ2v) is 9.48. The van der Waals surface area contributed by atoms with Gasteiger partial charge < -0.3 is 14.5 Å². The lowest BCUT2D eigenvalue weighted by Gasteiger charge is -2.28. The van der Waals surface area contributed by atoms with Crippen LogP contribution in [0.2, 0.25) is 0 Å². The summed E-state index contributed by atoms with van der Waals surface area (Å²) in [6.07, 6.45) is 6.71. The van der Waals surface area contributed by atoms with Crippen molar-refractivity contribution >= 4 is 15.9 Å². The van der Waals surface area contributed by atoms with Crippen molar-refractivity contribution in [2.45, 2.75) is 63.4 Å². The Hall–Kier alpha value is -1.38. The number of ether oxygens (including phenoxy) is 1. The molecule has 0 radical (unpaired) electrons. The fraction of sp³-hybridized carbons (Fsp3) is 0.737. The Morgan fingerprint density at radius 1 is 1.26 bits per heavy atom. The summed E-state index contributed by atoms with van der Waals surface area (Å²) in [5.74, 6) is 0.414. The van der Waals surface area contributed by atoms with Gasteiger partial charge in [-0.2, -0.15) is 4.31 Å². The van der Waals surface area contributed by atoms with Crippen molar-refractivity contribution < 1.29 is 22.4 Å². The van der Waals surface area contributed by atoms with Crippen molar-refractivity contribution in [1.82, 2.24) is 9.62 Å². The molecule has 2 fully saturated rings. The highest BCUT2D eigenvalue weighted by molar-refractivity contribution is 7.89. The van der Waals surface area contributed by atoms with Gasteiger partial charge in [0.05, 0.1) is 12.7 Å². The maximum atomic E-state index is 12.7. The van der Waals surface area contributed by atoms with Gasteiger partial charge in [0.25, 0.3) is 5.91 Å². The van der Waals surface area contributed by atoms with Crippen LogP contribution >= 0.6 is 0 Å². The number of sulfonamides is 1. The number of hydrogen-bond acceptors (Lipinski definition) is 5. The average molecular weight is 399 g/mol. The molecule has 1 aliphatic carbocycles. The molecule has 27 heavy (non-hydrogen) atoms. The molecule has 1 saturated carbocycles. The number of carbonyl (C=O) groups is 1. The highest BCUT2D eigenvalue weighted by Gasteiger charge is 2.31. The van der Waals surface area contributed by atoms with E-state index < -0.39 is 15.9 Å². The summed E-state index contributed by atoms with van der Waals surface area (Å²) in [7, 11) is -3.59. The minimum atomic E-state index is -3.59. The summed E-state index contributed by atoms with van der Waals surface area (Å²) in [4.78, 5) is 12.4. The molecule has 2 aliphatic rings. The fourth-order valence-corrected chi connectivity index (χ4v) is 5.57. The van der Waals surface area contributed by atoms with E-state index in [9.17, 15) is 13.2 Å². The Bertz CT molecular complexity index is 752. The molecule has 1 aliphatic heterocycles. The summed E-state index contributed by atoms with van der Waals surface area (Å²) in [5.41, 5.74) is 0. The van der Waals surface area contributed by atoms with Crippen LogP contribution < -0.4 is 5.32 Å². The van der Waals surface area contributed by atoms with Gasteiger partial charge in [-0.15, -0.1) is 0 Å². The topological polar surface area (TPSA) is 88.8 Å². The monoisotopic (exact) mass is 398 g/mol. The first-order valence-corrected chi connectivity index (χ1v) is 11.3. The molecular weight excluding hydrogens is 368 g/mol. The molecule has 2 unspecified atom stereocenters. The molecule has 152 valence electrons. The Kier molecular flexibility index (Phi) is 6.60. The van der Waals surface area contributed by atoms with Gasteiger partial charge >= 0.3 is 0 Å². The molecule has 7 nitrogen and oxygen atoms in total. The molecule has 0 aromatic carbocycles. The fourth-order valence-electron chi connectivity index (χ4n) is 3.89. The van der Waals surface area contributed by atoms with Crippen LogP contribution in [0.25, 0.3) is 0 Å². The number of nitrogens with one attached hydrogen (secondary N) is 1. The van der Waals surface area contributed by atoms with E-state index in [4.69, 9.17) is 9.15 Å². The maximum Gasteiger partial charge on any atom is 0.287 e. The number of hydrogen-bond donors (Lipinski definition) is 1. The maximum absolute atomic E-state index is 12.7. The van der Waals surface area contributed by atoms with Crippen molar-refractivity contribution in [3.63, 3.8) is 0 Å². The molecule has 0 bridgehead atoms. The minimum Gasteiger partial charge on any atom is -0.455 e. The first-order chi connectivity index (χ1) is 12.9. The lowest BCUT2D eigenvalue weighted by atomic mass is 9.88. The second-order valence-electron chi connectivity index (χ2n) is 7.57. The molecule has 0 spiro atoms. The zero-order valence-corrected chi connectivity index (χ0v) is 17.0. The molecule has 8 heteroatoms. The predicted molar refractivity (Wildman–Crippen MR) is 101 cm³/mol. The number of carbonyl (C=O) groups excluding carboxylic acids is 1. The van der Waals surface area contributed by atoms with E-state index in [0.29, 0.717) is 32.2 Å². The first-order valence-electron chi connectivity index (χ1n) is 9.90. The summed E-state index contributed by atoms with van der Waals surface area (Å²) < 4.78 is 38.1. The number of amides is 1. The minimum absolute atomic E-state index is 0.0244. The smallest absolute Gasteiger partial charge is 0.287 e. The quantitative estimate of drug-likeness (QED) is 0.714. The van der Waals surface area contributed by atoms with E-state index in [0.717, 1.165) is 19.3 Å². The highest BCUT2D eigenvalue weighted by Crippen LogP contribution is 2.27. The lowest BCUT2D eigenvalue weighted by Crippen LogP contribution is -2.31. The van der Waals surface area contributed by atoms with Crippen molar-refractivity contribution in [1.29, 1.82) is 0 Å². The van der Waals surface area contributed by atoms with Gasteiger partial charge in [-0.3, -0.25) is 4.79 Å². The first kappa shape index (κ1) is 20.4. The van der Waals surface area contributed by atoms with Crippen LogP contribution in [-0.4, -0.2) is 51.0 Å². The van der Waals surface area contributed by atoms with E-state index in [-0.39, 0.29) is 22.5 Å². The molecule has 1 N–H and O–H groups in total. The molecule has 2 heterocycles. The van der Waals surface area contributed by atoms with Crippen molar-refractivity contribution in [3.05, 3.63) is 17.6 Å². The van der Waals surface area contributed by atoms with Gasteiger partial charge in [0.15, 0.2) is 5.76 Å². The molecule has 3 rings (SSSR count). The van der Waals surface area contributed by atoms with Gasteiger partial charge in [-0.1, -0.05) is 19.8 Å². The van der Waals surface area contributed by atoms with Crippen molar-refractivity contribution in [2.75, 3.05) is 26.2 Å². The predicted octanol–water partition coefficient (Wildman–Crippen LogP) is 2.70. The van der Waals surface area contributed by atoms with E-state index >= 15 is 0 Å². The van der Waals surface area contributed by atoms with Gasteiger partial charge in [-0.25, -0.2) is 8.42 Å². The molecule has 1 saturated heterocycles. The van der Waals surface area contributed by atoms with Crippen LogP contribution in [0.4, 0.5) is 0 Å². The molecule has 1 amide bonds. The Labute approximate surface area is 161 Å². The molecule has 1 aromatic heterocycles. The summed E-state index contributed by atoms with van der Waals surface area (Å²) in [6.45, 7) is 5.63. The van der Waals surface area contributed by atoms with Crippen LogP contribution in [0.15, 0.2) is 15.4 Å². The van der Waals surface area contributed by atoms with Gasteiger partial charge in [0, 0.05) is 25.7 Å². The third-order valence-electron chi connectivity index (χ3n) is 5.53. The average Bonchev–Trinajstić information content (AvgIpc) is 3.30. The van der Waals surface area contributed by atoms with Crippen LogP contribution in [0.5, 0.6) is 0 Å². The third kappa shape index (κ3) is 4.73. The van der Waals surface area contributed by atoms with Gasteiger partial charge in [0.1, 0.15) is 10.7 Å². The number of rotatable bonds is 7. The van der Waals surface area contributed by atoms with Crippen LogP contribution in [0, 0.1) is 12.8 Å². The van der Waals surface area contributed by atoms with E-state index in [2.05, 4.69) is 12.2 Å². The normalized spacial score (nSPS) is 24.2. The van der Waals surface area contributed by atoms with Gasteiger partial charge in [0.2, 0.25) is 10.0 Å². The summed E-state index contributed by atoms with van der Waals surface area (Å²) >= 11 is 0. The van der Waals surface area contributed by atoms with Gasteiger partial charge in [-0.05, 0) is 38.5 Å². The molecule has 2 atom stereocenters. The number of furan rings is 1. The zero-order chi connectivity index (χ0) is 19.4. The standard InChI is InChI=1S/C19H30N2O5S/c1-14-7-3-4-8-16(14)25-12-9-20-19(22)17-13-18(15(2)26-17)27(23,24)21-10-5-6-11-21/h13-14,16H,3-12H2,1-2H3,(H,20,22). The lowest BCUT2D eigenvalue weighted by molar-refractivity contribution is -0.00300. The Morgan fingerprint density at radius 3 is 2.67 bits per heavy atom. The van der Waals surface area contributed by atoms with E-state index in [1.807, 2.05) is 0 Å². The highest BCUT2D eigenvalue weighted by atomic mass is 32.2. The summed E-state index contributed by atoms with van der Waals surface area (Å²) in [5, 5.41) is 2.75. The second kappa shape index (κ2) is 8.75. The largest absolute Gasteiger partial charge is 0.455 e. The Balaban J connectivity index is 1.53. The zero-order valence-electron chi connectivity index (χ0n) is 16.2. The number of nitrogens with zero attached hydrogens (tertiary/aromatic N) is 1. The molecular formula is C19H30N2O5S. The Morgan fingerprint density at radius 2 is 1.96 bits per heavy atom. The van der Waals surface area contributed by atoms with Crippen molar-refractivity contribution in [3.8, 4) is 0 Å². The van der Waals surface area contributed by atoms with Crippen molar-refractivity contribution in [2.24, 2.45) is 5.92 Å². The van der Waals surface area contributed by atoms with Crippen LogP contribution in [0.1, 0.15) is 61.8 Å². The number of aryl methyl sites for hydroxylation is 1. The van der Waals surface area contributed by atoms with E-state index in [1.54, 1.807) is 6.92 Å². The van der Waals surface area contributed by atoms with Crippen LogP contribution in [-0.2, 0) is 14.8 Å². The molecule has 1 aromatic rings. The van der Waals surface area contributed by atoms with E-state index in [1.165, 1.54) is 29.6 Å². The SMILES string of the molecule is Cc1oc(C(=O)NCCOC2CCCCC2C)cc1S(=O)(=O)N1CCCC1. The third-order valence-corrected chi connectivity index (χ3v) is 7.54.